The van der Waals surface area contributed by atoms with Crippen LogP contribution in [0.5, 0.6) is 0 Å². The summed E-state index contributed by atoms with van der Waals surface area (Å²) in [7, 11) is 0. The van der Waals surface area contributed by atoms with Crippen molar-refractivity contribution >= 4 is 0 Å². The van der Waals surface area contributed by atoms with Gasteiger partial charge in [0.25, 0.3) is 0 Å². The molecule has 0 aromatic rings. The van der Waals surface area contributed by atoms with E-state index in [4.69, 9.17) is 10.1 Å². The number of hydrogen-bond donors (Lipinski definition) is 1. The van der Waals surface area contributed by atoms with E-state index in [0.717, 1.165) is 6.42 Å². The maximum Gasteiger partial charge on any atom is 0.118 e. The van der Waals surface area contributed by atoms with Crippen LogP contribution in [0.4, 0.5) is 0 Å². The molecule has 0 bridgehead atoms. The molecule has 0 spiro atoms. The first-order valence-electron chi connectivity index (χ1n) is 3.97. The van der Waals surface area contributed by atoms with Crippen LogP contribution in [0.15, 0.2) is 0 Å². The molecule has 0 aliphatic heterocycles. The topological polar surface area (TPSA) is 45.0 Å². The lowest BCUT2D eigenvalue weighted by Gasteiger charge is -2.10. The monoisotopic (exact) mass is 156 g/mol. The van der Waals surface area contributed by atoms with E-state index >= 15 is 0 Å². The van der Waals surface area contributed by atoms with Crippen molar-refractivity contribution in [3.05, 3.63) is 0 Å². The van der Waals surface area contributed by atoms with Crippen LogP contribution in [0.1, 0.15) is 27.2 Å². The van der Waals surface area contributed by atoms with Crippen molar-refractivity contribution in [2.24, 2.45) is 5.92 Å². The summed E-state index contributed by atoms with van der Waals surface area (Å²) in [6, 6.07) is 1.92. The number of nitrogens with zero attached hydrogens (tertiary/aromatic N) is 1. The van der Waals surface area contributed by atoms with E-state index in [1.165, 1.54) is 0 Å². The minimum absolute atomic E-state index is 0.172. The summed E-state index contributed by atoms with van der Waals surface area (Å²) < 4.78 is 0. The van der Waals surface area contributed by atoms with Gasteiger partial charge in [-0.3, -0.25) is 0 Å². The van der Waals surface area contributed by atoms with Gasteiger partial charge in [-0.1, -0.05) is 20.8 Å². The van der Waals surface area contributed by atoms with Gasteiger partial charge in [-0.25, -0.2) is 0 Å². The molecule has 1 unspecified atom stereocenters. The highest BCUT2D eigenvalue weighted by Crippen LogP contribution is 1.92. The average Bonchev–Trinajstić information content (AvgIpc) is 1.98. The molecule has 0 saturated carbocycles. The standard InChI is InChI=1S/C8H16N2O/c1-4-8(5-9)10-11-6-7(2)3/h7-8,10H,4,6H2,1-3H3. The molecule has 3 heteroatoms. The second-order valence-corrected chi connectivity index (χ2v) is 2.91. The molecule has 0 aliphatic rings. The Balaban J connectivity index is 3.30. The van der Waals surface area contributed by atoms with Crippen LogP contribution in [-0.2, 0) is 4.84 Å². The van der Waals surface area contributed by atoms with Gasteiger partial charge in [-0.15, -0.1) is 0 Å². The maximum atomic E-state index is 8.50. The van der Waals surface area contributed by atoms with Gasteiger partial charge in [0.2, 0.25) is 0 Å². The van der Waals surface area contributed by atoms with E-state index in [2.05, 4.69) is 25.4 Å². The molecule has 3 nitrogen and oxygen atoms in total. The van der Waals surface area contributed by atoms with Gasteiger partial charge in [-0.2, -0.15) is 10.7 Å². The fourth-order valence-corrected chi connectivity index (χ4v) is 0.516. The number of rotatable bonds is 5. The molecule has 0 fully saturated rings. The Bertz CT molecular complexity index is 129. The normalized spacial score (nSPS) is 13.0. The van der Waals surface area contributed by atoms with E-state index in [0.29, 0.717) is 12.5 Å². The van der Waals surface area contributed by atoms with Gasteiger partial charge in [0, 0.05) is 0 Å². The maximum absolute atomic E-state index is 8.50. The molecule has 0 radical (unpaired) electrons. The van der Waals surface area contributed by atoms with Gasteiger partial charge in [0.05, 0.1) is 12.7 Å². The molecule has 0 heterocycles. The zero-order valence-corrected chi connectivity index (χ0v) is 7.42. The Morgan fingerprint density at radius 1 is 1.55 bits per heavy atom. The minimum atomic E-state index is -0.172. The van der Waals surface area contributed by atoms with E-state index in [-0.39, 0.29) is 6.04 Å². The molecule has 0 amide bonds. The molecule has 64 valence electrons. The van der Waals surface area contributed by atoms with E-state index < -0.39 is 0 Å². The lowest BCUT2D eigenvalue weighted by molar-refractivity contribution is 0.0111. The van der Waals surface area contributed by atoms with Crippen molar-refractivity contribution in [1.29, 1.82) is 5.26 Å². The SMILES string of the molecule is CCC(C#N)NOCC(C)C. The lowest BCUT2D eigenvalue weighted by Crippen LogP contribution is -2.28. The predicted molar refractivity (Wildman–Crippen MR) is 43.6 cm³/mol. The van der Waals surface area contributed by atoms with Gasteiger partial charge >= 0.3 is 0 Å². The first-order valence-corrected chi connectivity index (χ1v) is 3.97. The molecule has 0 aromatic carbocycles. The molecule has 0 rings (SSSR count). The molecular weight excluding hydrogens is 140 g/mol. The molecule has 0 saturated heterocycles. The van der Waals surface area contributed by atoms with Gasteiger partial charge in [0.15, 0.2) is 0 Å². The third-order valence-corrected chi connectivity index (χ3v) is 1.21. The molecule has 0 aromatic heterocycles. The van der Waals surface area contributed by atoms with Crippen LogP contribution in [0, 0.1) is 17.2 Å². The summed E-state index contributed by atoms with van der Waals surface area (Å²) in [4.78, 5) is 5.07. The highest BCUT2D eigenvalue weighted by atomic mass is 16.6. The van der Waals surface area contributed by atoms with Gasteiger partial charge in [0.1, 0.15) is 6.04 Å². The Labute approximate surface area is 68.3 Å². The largest absolute Gasteiger partial charge is 0.300 e. The molecule has 11 heavy (non-hydrogen) atoms. The number of nitrogens with one attached hydrogen (secondary N) is 1. The zero-order valence-electron chi connectivity index (χ0n) is 7.42. The number of hydrogen-bond acceptors (Lipinski definition) is 3. The van der Waals surface area contributed by atoms with Crippen molar-refractivity contribution < 1.29 is 4.84 Å². The smallest absolute Gasteiger partial charge is 0.118 e. The summed E-state index contributed by atoms with van der Waals surface area (Å²) in [5, 5.41) is 8.50. The van der Waals surface area contributed by atoms with Gasteiger partial charge in [-0.05, 0) is 12.3 Å². The Morgan fingerprint density at radius 2 is 2.18 bits per heavy atom. The van der Waals surface area contributed by atoms with Crippen LogP contribution in [0.25, 0.3) is 0 Å². The Hall–Kier alpha value is -0.590. The fourth-order valence-electron chi connectivity index (χ4n) is 0.516. The van der Waals surface area contributed by atoms with Crippen LogP contribution in [0.2, 0.25) is 0 Å². The average molecular weight is 156 g/mol. The number of hydroxylamine groups is 1. The highest BCUT2D eigenvalue weighted by molar-refractivity contribution is 4.85. The summed E-state index contributed by atoms with van der Waals surface area (Å²) >= 11 is 0. The third kappa shape index (κ3) is 5.84. The minimum Gasteiger partial charge on any atom is -0.300 e. The zero-order chi connectivity index (χ0) is 8.69. The molecule has 0 aliphatic carbocycles. The second kappa shape index (κ2) is 6.14. The van der Waals surface area contributed by atoms with Gasteiger partial charge < -0.3 is 4.84 Å². The van der Waals surface area contributed by atoms with Crippen molar-refractivity contribution in [1.82, 2.24) is 5.48 Å². The van der Waals surface area contributed by atoms with Crippen LogP contribution >= 0.6 is 0 Å². The summed E-state index contributed by atoms with van der Waals surface area (Å²) in [5.74, 6) is 0.499. The van der Waals surface area contributed by atoms with E-state index in [9.17, 15) is 0 Å². The van der Waals surface area contributed by atoms with Crippen molar-refractivity contribution in [2.45, 2.75) is 33.2 Å². The Morgan fingerprint density at radius 3 is 2.55 bits per heavy atom. The number of nitriles is 1. The van der Waals surface area contributed by atoms with Crippen LogP contribution in [0.3, 0.4) is 0 Å². The molecular formula is C8H16N2O. The molecule has 1 atom stereocenters. The second-order valence-electron chi connectivity index (χ2n) is 2.91. The van der Waals surface area contributed by atoms with Crippen LogP contribution in [-0.4, -0.2) is 12.6 Å². The van der Waals surface area contributed by atoms with Crippen molar-refractivity contribution in [3.8, 4) is 6.07 Å². The quantitative estimate of drug-likeness (QED) is 0.613. The summed E-state index contributed by atoms with van der Waals surface area (Å²) in [6.07, 6.45) is 0.772. The van der Waals surface area contributed by atoms with Crippen LogP contribution < -0.4 is 5.48 Å². The van der Waals surface area contributed by atoms with Crippen molar-refractivity contribution in [2.75, 3.05) is 6.61 Å². The first-order chi connectivity index (χ1) is 5.20. The molecule has 1 N–H and O–H groups in total. The Kier molecular flexibility index (Phi) is 5.81. The summed E-state index contributed by atoms with van der Waals surface area (Å²) in [6.45, 7) is 6.72. The third-order valence-electron chi connectivity index (χ3n) is 1.21. The van der Waals surface area contributed by atoms with E-state index in [1.807, 2.05) is 6.92 Å². The first kappa shape index (κ1) is 10.4. The van der Waals surface area contributed by atoms with Crippen molar-refractivity contribution in [3.63, 3.8) is 0 Å². The summed E-state index contributed by atoms with van der Waals surface area (Å²) in [5.41, 5.74) is 2.69. The van der Waals surface area contributed by atoms with E-state index in [1.54, 1.807) is 0 Å². The fraction of sp³-hybridized carbons (Fsp3) is 0.875. The predicted octanol–water partition coefficient (Wildman–Crippen LogP) is 1.47. The highest BCUT2D eigenvalue weighted by Gasteiger charge is 2.02. The lowest BCUT2D eigenvalue weighted by atomic mass is 10.2.